The van der Waals surface area contributed by atoms with Crippen molar-refractivity contribution in [3.63, 3.8) is 0 Å². The standard InChI is InChI=1S/C15H16N4O3/c20-13(18-12-6-3-7-16-14(12)21)8-19-9-17-11-5-2-1-4-10(11)15(19)22/h1-2,4-5,9,12H,3,6-8H2,(H,16,21)(H,18,20). The summed E-state index contributed by atoms with van der Waals surface area (Å²) in [5, 5.41) is 5.82. The zero-order chi connectivity index (χ0) is 15.5. The first kappa shape index (κ1) is 14.2. The number of fused-ring (bicyclic) bond motifs is 1. The van der Waals surface area contributed by atoms with E-state index in [9.17, 15) is 14.4 Å². The number of piperidine rings is 1. The first-order chi connectivity index (χ1) is 10.6. The third-order valence-electron chi connectivity index (χ3n) is 3.67. The van der Waals surface area contributed by atoms with E-state index in [0.717, 1.165) is 6.42 Å². The number of rotatable bonds is 3. The number of aromatic nitrogens is 2. The van der Waals surface area contributed by atoms with Crippen LogP contribution in [0.5, 0.6) is 0 Å². The minimum absolute atomic E-state index is 0.152. The van der Waals surface area contributed by atoms with Crippen molar-refractivity contribution in [1.29, 1.82) is 0 Å². The van der Waals surface area contributed by atoms with Crippen LogP contribution in [0.1, 0.15) is 12.8 Å². The van der Waals surface area contributed by atoms with Crippen molar-refractivity contribution in [1.82, 2.24) is 20.2 Å². The van der Waals surface area contributed by atoms with Gasteiger partial charge in [-0.2, -0.15) is 0 Å². The Morgan fingerprint density at radius 1 is 1.36 bits per heavy atom. The first-order valence-electron chi connectivity index (χ1n) is 7.16. The van der Waals surface area contributed by atoms with Crippen LogP contribution in [0.25, 0.3) is 10.9 Å². The van der Waals surface area contributed by atoms with Crippen molar-refractivity contribution in [2.45, 2.75) is 25.4 Å². The molecule has 1 saturated heterocycles. The summed E-state index contributed by atoms with van der Waals surface area (Å²) in [6.07, 6.45) is 2.79. The molecule has 1 unspecified atom stereocenters. The van der Waals surface area contributed by atoms with E-state index in [1.807, 2.05) is 0 Å². The van der Waals surface area contributed by atoms with Gasteiger partial charge in [0.25, 0.3) is 5.56 Å². The lowest BCUT2D eigenvalue weighted by molar-refractivity contribution is -0.130. The summed E-state index contributed by atoms with van der Waals surface area (Å²) in [4.78, 5) is 40.1. The molecule has 0 saturated carbocycles. The fourth-order valence-corrected chi connectivity index (χ4v) is 2.52. The van der Waals surface area contributed by atoms with Crippen LogP contribution in [0.15, 0.2) is 35.4 Å². The lowest BCUT2D eigenvalue weighted by Crippen LogP contribution is -2.51. The summed E-state index contributed by atoms with van der Waals surface area (Å²) in [7, 11) is 0. The molecule has 1 aromatic heterocycles. The predicted molar refractivity (Wildman–Crippen MR) is 80.2 cm³/mol. The summed E-state index contributed by atoms with van der Waals surface area (Å²) in [5.74, 6) is -0.551. The highest BCUT2D eigenvalue weighted by Crippen LogP contribution is 2.05. The number of benzene rings is 1. The highest BCUT2D eigenvalue weighted by atomic mass is 16.2. The maximum Gasteiger partial charge on any atom is 0.261 e. The van der Waals surface area contributed by atoms with Gasteiger partial charge < -0.3 is 10.6 Å². The van der Waals surface area contributed by atoms with E-state index >= 15 is 0 Å². The highest BCUT2D eigenvalue weighted by Gasteiger charge is 2.23. The van der Waals surface area contributed by atoms with E-state index < -0.39 is 6.04 Å². The third kappa shape index (κ3) is 2.83. The van der Waals surface area contributed by atoms with Gasteiger partial charge in [0.15, 0.2) is 0 Å². The molecule has 2 amide bonds. The van der Waals surface area contributed by atoms with Crippen LogP contribution in [-0.4, -0.2) is 34.0 Å². The Kier molecular flexibility index (Phi) is 3.86. The van der Waals surface area contributed by atoms with Crippen molar-refractivity contribution < 1.29 is 9.59 Å². The van der Waals surface area contributed by atoms with Gasteiger partial charge in [-0.25, -0.2) is 4.98 Å². The van der Waals surface area contributed by atoms with E-state index in [1.54, 1.807) is 24.3 Å². The third-order valence-corrected chi connectivity index (χ3v) is 3.67. The maximum absolute atomic E-state index is 12.3. The van der Waals surface area contributed by atoms with Gasteiger partial charge in [-0.3, -0.25) is 19.0 Å². The van der Waals surface area contributed by atoms with Gasteiger partial charge in [0.2, 0.25) is 11.8 Å². The van der Waals surface area contributed by atoms with E-state index in [-0.39, 0.29) is 23.9 Å². The molecule has 0 radical (unpaired) electrons. The molecule has 3 rings (SSSR count). The van der Waals surface area contributed by atoms with Gasteiger partial charge >= 0.3 is 0 Å². The van der Waals surface area contributed by atoms with Gasteiger partial charge in [-0.1, -0.05) is 12.1 Å². The topological polar surface area (TPSA) is 93.1 Å². The van der Waals surface area contributed by atoms with Crippen LogP contribution in [-0.2, 0) is 16.1 Å². The van der Waals surface area contributed by atoms with Crippen LogP contribution in [0.4, 0.5) is 0 Å². The quantitative estimate of drug-likeness (QED) is 0.820. The molecule has 7 heteroatoms. The zero-order valence-electron chi connectivity index (χ0n) is 11.9. The molecule has 1 aromatic carbocycles. The van der Waals surface area contributed by atoms with Gasteiger partial charge in [0.1, 0.15) is 12.6 Å². The van der Waals surface area contributed by atoms with Crippen molar-refractivity contribution in [2.75, 3.05) is 6.54 Å². The number of nitrogens with one attached hydrogen (secondary N) is 2. The monoisotopic (exact) mass is 300 g/mol. The summed E-state index contributed by atoms with van der Waals surface area (Å²) in [6, 6.07) is 6.45. The summed E-state index contributed by atoms with van der Waals surface area (Å²) in [6.45, 7) is 0.486. The number of nitrogens with zero attached hydrogens (tertiary/aromatic N) is 2. The van der Waals surface area contributed by atoms with Crippen molar-refractivity contribution in [2.24, 2.45) is 0 Å². The molecular weight excluding hydrogens is 284 g/mol. The van der Waals surface area contributed by atoms with Gasteiger partial charge in [0, 0.05) is 6.54 Å². The minimum atomic E-state index is -0.523. The lowest BCUT2D eigenvalue weighted by atomic mass is 10.1. The number of hydrogen-bond donors (Lipinski definition) is 2. The molecule has 1 atom stereocenters. The Bertz CT molecular complexity index is 784. The molecule has 2 heterocycles. The summed E-state index contributed by atoms with van der Waals surface area (Å²) < 4.78 is 1.25. The zero-order valence-corrected chi connectivity index (χ0v) is 11.9. The normalized spacial score (nSPS) is 18.0. The molecule has 0 spiro atoms. The second-order valence-electron chi connectivity index (χ2n) is 5.25. The van der Waals surface area contributed by atoms with Crippen molar-refractivity contribution in [3.8, 4) is 0 Å². The smallest absolute Gasteiger partial charge is 0.261 e. The maximum atomic E-state index is 12.3. The predicted octanol–water partition coefficient (Wildman–Crippen LogP) is -0.209. The van der Waals surface area contributed by atoms with Crippen molar-refractivity contribution >= 4 is 22.7 Å². The van der Waals surface area contributed by atoms with E-state index in [1.165, 1.54) is 10.9 Å². The van der Waals surface area contributed by atoms with Gasteiger partial charge in [0.05, 0.1) is 17.2 Å². The number of para-hydroxylation sites is 1. The second kappa shape index (κ2) is 5.97. The van der Waals surface area contributed by atoms with Crippen LogP contribution in [0.2, 0.25) is 0 Å². The van der Waals surface area contributed by atoms with E-state index in [4.69, 9.17) is 0 Å². The minimum Gasteiger partial charge on any atom is -0.354 e. The summed E-state index contributed by atoms with van der Waals surface area (Å²) >= 11 is 0. The van der Waals surface area contributed by atoms with Crippen LogP contribution in [0.3, 0.4) is 0 Å². The lowest BCUT2D eigenvalue weighted by Gasteiger charge is -2.22. The number of hydrogen-bond acceptors (Lipinski definition) is 4. The fraction of sp³-hybridized carbons (Fsp3) is 0.333. The molecule has 2 aromatic rings. The van der Waals surface area contributed by atoms with E-state index in [2.05, 4.69) is 15.6 Å². The molecule has 114 valence electrons. The largest absolute Gasteiger partial charge is 0.354 e. The SMILES string of the molecule is O=C(Cn1cnc2ccccc2c1=O)NC1CCCNC1=O. The molecule has 2 N–H and O–H groups in total. The molecule has 0 aliphatic carbocycles. The first-order valence-corrected chi connectivity index (χ1v) is 7.16. The Hall–Kier alpha value is -2.70. The van der Waals surface area contributed by atoms with Gasteiger partial charge in [-0.15, -0.1) is 0 Å². The Morgan fingerprint density at radius 3 is 3.00 bits per heavy atom. The average molecular weight is 300 g/mol. The average Bonchev–Trinajstić information content (AvgIpc) is 2.53. The molecular formula is C15H16N4O3. The van der Waals surface area contributed by atoms with Crippen LogP contribution < -0.4 is 16.2 Å². The molecule has 7 nitrogen and oxygen atoms in total. The Labute approximate surface area is 126 Å². The molecule has 0 bridgehead atoms. The summed E-state index contributed by atoms with van der Waals surface area (Å²) in [5.41, 5.74) is 0.324. The molecule has 1 aliphatic heterocycles. The van der Waals surface area contributed by atoms with E-state index in [0.29, 0.717) is 23.9 Å². The Morgan fingerprint density at radius 2 is 2.18 bits per heavy atom. The fourth-order valence-electron chi connectivity index (χ4n) is 2.52. The molecule has 1 aliphatic rings. The number of carbonyl (C=O) groups is 2. The second-order valence-corrected chi connectivity index (χ2v) is 5.25. The number of carbonyl (C=O) groups excluding carboxylic acids is 2. The van der Waals surface area contributed by atoms with Gasteiger partial charge in [-0.05, 0) is 25.0 Å². The van der Waals surface area contributed by atoms with Crippen LogP contribution >= 0.6 is 0 Å². The van der Waals surface area contributed by atoms with Crippen LogP contribution in [0, 0.1) is 0 Å². The number of amides is 2. The molecule has 1 fully saturated rings. The van der Waals surface area contributed by atoms with Crippen molar-refractivity contribution in [3.05, 3.63) is 40.9 Å². The Balaban J connectivity index is 1.75. The highest BCUT2D eigenvalue weighted by molar-refractivity contribution is 5.88. The molecule has 22 heavy (non-hydrogen) atoms.